The lowest BCUT2D eigenvalue weighted by Gasteiger charge is -2.26. The van der Waals surface area contributed by atoms with Crippen LogP contribution in [0.3, 0.4) is 0 Å². The lowest BCUT2D eigenvalue weighted by Crippen LogP contribution is -2.38. The summed E-state index contributed by atoms with van der Waals surface area (Å²) in [6.07, 6.45) is 1.81. The minimum absolute atomic E-state index is 0.160. The van der Waals surface area contributed by atoms with Crippen LogP contribution < -0.4 is 10.5 Å². The topological polar surface area (TPSA) is 136 Å². The molecule has 0 unspecified atom stereocenters. The molecule has 116 valence electrons. The fourth-order valence-electron chi connectivity index (χ4n) is 2.37. The lowest BCUT2D eigenvalue weighted by molar-refractivity contribution is -0.384. The third-order valence-corrected chi connectivity index (χ3v) is 5.11. The molecule has 9 heteroatoms. The van der Waals surface area contributed by atoms with E-state index in [0.29, 0.717) is 25.7 Å². The van der Waals surface area contributed by atoms with Crippen LogP contribution in [0.4, 0.5) is 11.4 Å². The Labute approximate surface area is 122 Å². The Morgan fingerprint density at radius 1 is 1.29 bits per heavy atom. The van der Waals surface area contributed by atoms with Gasteiger partial charge in [-0.3, -0.25) is 10.1 Å². The average Bonchev–Trinajstić information content (AvgIpc) is 2.40. The predicted octanol–water partition coefficient (Wildman–Crippen LogP) is 0.759. The highest BCUT2D eigenvalue weighted by Crippen LogP contribution is 2.25. The molecule has 0 aliphatic heterocycles. The van der Waals surface area contributed by atoms with Crippen LogP contribution >= 0.6 is 0 Å². The fraction of sp³-hybridized carbons (Fsp3) is 0.500. The van der Waals surface area contributed by atoms with Crippen molar-refractivity contribution in [1.29, 1.82) is 0 Å². The minimum atomic E-state index is -3.83. The monoisotopic (exact) mass is 315 g/mol. The Morgan fingerprint density at radius 2 is 1.90 bits per heavy atom. The van der Waals surface area contributed by atoms with Gasteiger partial charge in [-0.05, 0) is 31.7 Å². The van der Waals surface area contributed by atoms with Crippen molar-refractivity contribution in [3.05, 3.63) is 28.3 Å². The molecular weight excluding hydrogens is 298 g/mol. The Morgan fingerprint density at radius 3 is 2.43 bits per heavy atom. The van der Waals surface area contributed by atoms with Gasteiger partial charge in [0.15, 0.2) is 0 Å². The zero-order valence-electron chi connectivity index (χ0n) is 11.2. The van der Waals surface area contributed by atoms with Crippen LogP contribution in [0, 0.1) is 10.1 Å². The van der Waals surface area contributed by atoms with Gasteiger partial charge in [-0.2, -0.15) is 0 Å². The van der Waals surface area contributed by atoms with Gasteiger partial charge < -0.3 is 10.8 Å². The number of hydrogen-bond acceptors (Lipinski definition) is 6. The molecule has 1 aliphatic carbocycles. The van der Waals surface area contributed by atoms with Crippen molar-refractivity contribution in [3.63, 3.8) is 0 Å². The minimum Gasteiger partial charge on any atom is -0.397 e. The highest BCUT2D eigenvalue weighted by molar-refractivity contribution is 7.89. The second-order valence-corrected chi connectivity index (χ2v) is 6.79. The fourth-order valence-corrected chi connectivity index (χ4v) is 3.79. The van der Waals surface area contributed by atoms with Gasteiger partial charge >= 0.3 is 0 Å². The maximum atomic E-state index is 12.3. The van der Waals surface area contributed by atoms with E-state index in [0.717, 1.165) is 18.2 Å². The van der Waals surface area contributed by atoms with E-state index in [9.17, 15) is 23.6 Å². The van der Waals surface area contributed by atoms with E-state index in [2.05, 4.69) is 4.72 Å². The second kappa shape index (κ2) is 5.96. The van der Waals surface area contributed by atoms with Crippen molar-refractivity contribution in [2.75, 3.05) is 5.73 Å². The molecule has 1 fully saturated rings. The number of nitrogen functional groups attached to an aromatic ring is 1. The molecule has 0 aromatic heterocycles. The number of nitrogens with zero attached hydrogens (tertiary/aromatic N) is 1. The number of sulfonamides is 1. The largest absolute Gasteiger partial charge is 0.397 e. The van der Waals surface area contributed by atoms with Crippen LogP contribution in [-0.2, 0) is 10.0 Å². The number of nitrogens with one attached hydrogen (secondary N) is 1. The van der Waals surface area contributed by atoms with Crippen molar-refractivity contribution >= 4 is 21.4 Å². The highest BCUT2D eigenvalue weighted by Gasteiger charge is 2.26. The second-order valence-electron chi connectivity index (χ2n) is 5.11. The summed E-state index contributed by atoms with van der Waals surface area (Å²) in [5.41, 5.74) is 5.19. The number of benzene rings is 1. The van der Waals surface area contributed by atoms with Gasteiger partial charge in [0.2, 0.25) is 10.0 Å². The summed E-state index contributed by atoms with van der Waals surface area (Å²) in [5, 5.41) is 20.0. The number of nitro groups is 1. The molecule has 8 nitrogen and oxygen atoms in total. The van der Waals surface area contributed by atoms with Gasteiger partial charge in [0.05, 0.1) is 16.7 Å². The van der Waals surface area contributed by atoms with Crippen LogP contribution in [0.2, 0.25) is 0 Å². The smallest absolute Gasteiger partial charge is 0.271 e. The Hall–Kier alpha value is -1.71. The summed E-state index contributed by atoms with van der Waals surface area (Å²) in [5.74, 6) is 0. The van der Waals surface area contributed by atoms with Crippen LogP contribution in [0.1, 0.15) is 25.7 Å². The SMILES string of the molecule is Nc1cc([N+](=O)[O-])ccc1S(=O)(=O)NC1CCC(O)CC1. The van der Waals surface area contributed by atoms with Gasteiger partial charge in [-0.25, -0.2) is 13.1 Å². The third-order valence-electron chi connectivity index (χ3n) is 3.51. The van der Waals surface area contributed by atoms with Gasteiger partial charge in [0.25, 0.3) is 5.69 Å². The molecule has 0 atom stereocenters. The number of non-ortho nitro benzene ring substituents is 1. The molecular formula is C12H17N3O5S. The molecule has 1 aromatic carbocycles. The molecule has 0 heterocycles. The summed E-state index contributed by atoms with van der Waals surface area (Å²) in [4.78, 5) is 9.82. The van der Waals surface area contributed by atoms with Crippen molar-refractivity contribution < 1.29 is 18.4 Å². The summed E-state index contributed by atoms with van der Waals surface area (Å²) >= 11 is 0. The average molecular weight is 315 g/mol. The maximum Gasteiger partial charge on any atom is 0.271 e. The first-order valence-electron chi connectivity index (χ1n) is 6.54. The van der Waals surface area contributed by atoms with Crippen LogP contribution in [-0.4, -0.2) is 30.6 Å². The van der Waals surface area contributed by atoms with Crippen molar-refractivity contribution in [2.24, 2.45) is 0 Å². The van der Waals surface area contributed by atoms with Crippen molar-refractivity contribution in [3.8, 4) is 0 Å². The third kappa shape index (κ3) is 3.69. The van der Waals surface area contributed by atoms with E-state index < -0.39 is 14.9 Å². The first-order valence-corrected chi connectivity index (χ1v) is 8.02. The summed E-state index contributed by atoms with van der Waals surface area (Å²) in [6, 6.07) is 3.01. The molecule has 0 radical (unpaired) electrons. The van der Waals surface area contributed by atoms with E-state index in [4.69, 9.17) is 5.73 Å². The molecule has 2 rings (SSSR count). The summed E-state index contributed by atoms with van der Waals surface area (Å²) in [7, 11) is -3.83. The van der Waals surface area contributed by atoms with E-state index in [1.165, 1.54) is 0 Å². The molecule has 0 saturated heterocycles. The molecule has 1 aromatic rings. The Kier molecular flexibility index (Phi) is 4.45. The Balaban J connectivity index is 2.18. The number of hydrogen-bond donors (Lipinski definition) is 3. The number of nitro benzene ring substituents is 1. The van der Waals surface area contributed by atoms with Gasteiger partial charge in [-0.1, -0.05) is 0 Å². The van der Waals surface area contributed by atoms with Crippen molar-refractivity contribution in [1.82, 2.24) is 4.72 Å². The Bertz CT molecular complexity index is 638. The quantitative estimate of drug-likeness (QED) is 0.426. The molecule has 1 aliphatic rings. The van der Waals surface area contributed by atoms with Crippen molar-refractivity contribution in [2.45, 2.75) is 42.7 Å². The molecule has 4 N–H and O–H groups in total. The lowest BCUT2D eigenvalue weighted by atomic mass is 9.94. The van der Waals surface area contributed by atoms with Gasteiger partial charge in [0.1, 0.15) is 4.90 Å². The first kappa shape index (κ1) is 15.7. The number of rotatable bonds is 4. The van der Waals surface area contributed by atoms with Crippen LogP contribution in [0.25, 0.3) is 0 Å². The maximum absolute atomic E-state index is 12.3. The van der Waals surface area contributed by atoms with E-state index >= 15 is 0 Å². The number of nitrogens with two attached hydrogens (primary N) is 1. The highest BCUT2D eigenvalue weighted by atomic mass is 32.2. The summed E-state index contributed by atoms with van der Waals surface area (Å²) < 4.78 is 27.1. The van der Waals surface area contributed by atoms with Gasteiger partial charge in [0, 0.05) is 18.2 Å². The zero-order valence-corrected chi connectivity index (χ0v) is 12.0. The molecule has 0 bridgehead atoms. The zero-order chi connectivity index (χ0) is 15.6. The predicted molar refractivity (Wildman–Crippen MR) is 76.1 cm³/mol. The summed E-state index contributed by atoms with van der Waals surface area (Å²) in [6.45, 7) is 0. The molecule has 1 saturated carbocycles. The number of aliphatic hydroxyl groups is 1. The first-order chi connectivity index (χ1) is 9.79. The van der Waals surface area contributed by atoms with E-state index in [-0.39, 0.29) is 28.4 Å². The van der Waals surface area contributed by atoms with E-state index in [1.807, 2.05) is 0 Å². The molecule has 0 amide bonds. The van der Waals surface area contributed by atoms with E-state index in [1.54, 1.807) is 0 Å². The number of anilines is 1. The van der Waals surface area contributed by atoms with Crippen LogP contribution in [0.15, 0.2) is 23.1 Å². The molecule has 21 heavy (non-hydrogen) atoms. The van der Waals surface area contributed by atoms with Gasteiger partial charge in [-0.15, -0.1) is 0 Å². The standard InChI is InChI=1S/C12H17N3O5S/c13-11-7-9(15(17)18)3-6-12(11)21(19,20)14-8-1-4-10(16)5-2-8/h3,6-8,10,14,16H,1-2,4-5,13H2. The molecule has 0 spiro atoms. The normalized spacial score (nSPS) is 22.9. The van der Waals surface area contributed by atoms with Crippen LogP contribution in [0.5, 0.6) is 0 Å². The number of aliphatic hydroxyl groups excluding tert-OH is 1.